The molecule has 5 rings (SSSR count). The molecule has 4 aromatic rings. The van der Waals surface area contributed by atoms with Crippen molar-refractivity contribution in [3.05, 3.63) is 93.8 Å². The van der Waals surface area contributed by atoms with E-state index >= 15 is 0 Å². The second-order valence-corrected chi connectivity index (χ2v) is 9.67. The fraction of sp³-hybridized carbons (Fsp3) is 0.310. The summed E-state index contributed by atoms with van der Waals surface area (Å²) in [6, 6.07) is 19.2. The molecule has 168 valence electrons. The van der Waals surface area contributed by atoms with Gasteiger partial charge in [0.25, 0.3) is 0 Å². The zero-order valence-electron chi connectivity index (χ0n) is 20.1. The molecule has 1 atom stereocenters. The smallest absolute Gasteiger partial charge is 0.227 e. The highest BCUT2D eigenvalue weighted by Gasteiger charge is 2.35. The lowest BCUT2D eigenvalue weighted by molar-refractivity contribution is -0.117. The number of hydrogen-bond donors (Lipinski definition) is 0. The second kappa shape index (κ2) is 8.18. The van der Waals surface area contributed by atoms with Gasteiger partial charge in [-0.05, 0) is 86.7 Å². The molecule has 4 nitrogen and oxygen atoms in total. The molecule has 1 saturated heterocycles. The van der Waals surface area contributed by atoms with Crippen LogP contribution >= 0.6 is 0 Å². The summed E-state index contributed by atoms with van der Waals surface area (Å²) in [7, 11) is 0. The summed E-state index contributed by atoms with van der Waals surface area (Å²) in [6.07, 6.45) is 0.488. The molecule has 1 fully saturated rings. The van der Waals surface area contributed by atoms with Gasteiger partial charge in [-0.1, -0.05) is 35.9 Å². The van der Waals surface area contributed by atoms with E-state index in [1.165, 1.54) is 33.4 Å². The first kappa shape index (κ1) is 21.4. The highest BCUT2D eigenvalue weighted by molar-refractivity contribution is 5.96. The Balaban J connectivity index is 1.56. The fourth-order valence-corrected chi connectivity index (χ4v) is 5.43. The lowest BCUT2D eigenvalue weighted by Crippen LogP contribution is -2.24. The monoisotopic (exact) mass is 437 g/mol. The molecule has 0 spiro atoms. The van der Waals surface area contributed by atoms with Gasteiger partial charge in [0.2, 0.25) is 5.91 Å². The Morgan fingerprint density at radius 2 is 1.52 bits per heavy atom. The molecule has 0 saturated carbocycles. The first-order chi connectivity index (χ1) is 15.8. The molecule has 1 amide bonds. The zero-order valence-corrected chi connectivity index (χ0v) is 20.1. The SMILES string of the molecule is Cc1cc(C)cc(N2CC(c3nc4ccccc4n3Cc3c(C)cc(C)cc3C)CC2=O)c1. The molecular formula is C29H31N3O. The van der Waals surface area contributed by atoms with Gasteiger partial charge in [0.05, 0.1) is 11.0 Å². The van der Waals surface area contributed by atoms with Crippen LogP contribution in [0.25, 0.3) is 11.0 Å². The van der Waals surface area contributed by atoms with Gasteiger partial charge in [0.1, 0.15) is 5.82 Å². The molecule has 0 aliphatic carbocycles. The summed E-state index contributed by atoms with van der Waals surface area (Å²) in [6.45, 7) is 12.1. The average Bonchev–Trinajstić information content (AvgIpc) is 3.30. The average molecular weight is 438 g/mol. The number of aryl methyl sites for hydroxylation is 5. The predicted molar refractivity (Wildman–Crippen MR) is 135 cm³/mol. The van der Waals surface area contributed by atoms with Crippen molar-refractivity contribution in [1.82, 2.24) is 9.55 Å². The number of rotatable bonds is 4. The summed E-state index contributed by atoms with van der Waals surface area (Å²) in [5.41, 5.74) is 10.7. The van der Waals surface area contributed by atoms with Crippen molar-refractivity contribution in [2.24, 2.45) is 0 Å². The van der Waals surface area contributed by atoms with E-state index in [-0.39, 0.29) is 11.8 Å². The third-order valence-electron chi connectivity index (χ3n) is 6.85. The van der Waals surface area contributed by atoms with Crippen molar-refractivity contribution in [1.29, 1.82) is 0 Å². The first-order valence-electron chi connectivity index (χ1n) is 11.7. The highest BCUT2D eigenvalue weighted by atomic mass is 16.2. The van der Waals surface area contributed by atoms with Crippen molar-refractivity contribution >= 4 is 22.6 Å². The summed E-state index contributed by atoms with van der Waals surface area (Å²) in [5, 5.41) is 0. The van der Waals surface area contributed by atoms with Crippen LogP contribution in [0.3, 0.4) is 0 Å². The Hall–Kier alpha value is -3.40. The minimum Gasteiger partial charge on any atom is -0.323 e. The second-order valence-electron chi connectivity index (χ2n) is 9.67. The Morgan fingerprint density at radius 1 is 0.879 bits per heavy atom. The van der Waals surface area contributed by atoms with Gasteiger partial charge in [-0.25, -0.2) is 4.98 Å². The topological polar surface area (TPSA) is 38.1 Å². The van der Waals surface area contributed by atoms with Gasteiger partial charge in [-0.3, -0.25) is 4.79 Å². The molecule has 1 aliphatic rings. The highest BCUT2D eigenvalue weighted by Crippen LogP contribution is 2.34. The largest absolute Gasteiger partial charge is 0.323 e. The predicted octanol–water partition coefficient (Wildman–Crippen LogP) is 6.15. The van der Waals surface area contributed by atoms with Crippen LogP contribution in [0.1, 0.15) is 51.5 Å². The molecule has 3 aromatic carbocycles. The minimum absolute atomic E-state index is 0.0665. The number of carbonyl (C=O) groups excluding carboxylic acids is 1. The van der Waals surface area contributed by atoms with Gasteiger partial charge in [0.15, 0.2) is 0 Å². The first-order valence-corrected chi connectivity index (χ1v) is 11.7. The molecular weight excluding hydrogens is 406 g/mol. The number of aromatic nitrogens is 2. The van der Waals surface area contributed by atoms with Crippen LogP contribution in [-0.2, 0) is 11.3 Å². The van der Waals surface area contributed by atoms with Crippen molar-refractivity contribution in [2.45, 2.75) is 53.5 Å². The number of imidazole rings is 1. The van der Waals surface area contributed by atoms with Crippen LogP contribution in [0.2, 0.25) is 0 Å². The van der Waals surface area contributed by atoms with Crippen LogP contribution in [0.15, 0.2) is 54.6 Å². The molecule has 0 N–H and O–H groups in total. The third-order valence-corrected chi connectivity index (χ3v) is 6.85. The normalized spacial score (nSPS) is 16.2. The Bertz CT molecular complexity index is 1340. The van der Waals surface area contributed by atoms with E-state index < -0.39 is 0 Å². The van der Waals surface area contributed by atoms with E-state index in [1.807, 2.05) is 11.0 Å². The number of carbonyl (C=O) groups is 1. The molecule has 1 aliphatic heterocycles. The zero-order chi connectivity index (χ0) is 23.3. The van der Waals surface area contributed by atoms with Crippen LogP contribution in [0.5, 0.6) is 0 Å². The molecule has 4 heteroatoms. The van der Waals surface area contributed by atoms with E-state index in [0.717, 1.165) is 29.1 Å². The van der Waals surface area contributed by atoms with E-state index in [1.54, 1.807) is 0 Å². The van der Waals surface area contributed by atoms with Crippen molar-refractivity contribution in [3.63, 3.8) is 0 Å². The minimum atomic E-state index is 0.0665. The van der Waals surface area contributed by atoms with Crippen molar-refractivity contribution in [3.8, 4) is 0 Å². The summed E-state index contributed by atoms with van der Waals surface area (Å²) in [5.74, 6) is 1.25. The lowest BCUT2D eigenvalue weighted by Gasteiger charge is -2.19. The van der Waals surface area contributed by atoms with Crippen LogP contribution in [0, 0.1) is 34.6 Å². The van der Waals surface area contributed by atoms with E-state index in [0.29, 0.717) is 13.0 Å². The lowest BCUT2D eigenvalue weighted by atomic mass is 9.99. The van der Waals surface area contributed by atoms with Crippen LogP contribution in [0.4, 0.5) is 5.69 Å². The quantitative estimate of drug-likeness (QED) is 0.384. The van der Waals surface area contributed by atoms with Crippen molar-refractivity contribution in [2.75, 3.05) is 11.4 Å². The molecule has 1 unspecified atom stereocenters. The number of amides is 1. The molecule has 33 heavy (non-hydrogen) atoms. The molecule has 0 radical (unpaired) electrons. The number of hydrogen-bond acceptors (Lipinski definition) is 2. The number of para-hydroxylation sites is 2. The Morgan fingerprint density at radius 3 is 2.21 bits per heavy atom. The Labute approximate surface area is 195 Å². The third kappa shape index (κ3) is 3.95. The van der Waals surface area contributed by atoms with Gasteiger partial charge < -0.3 is 9.47 Å². The van der Waals surface area contributed by atoms with Crippen LogP contribution in [-0.4, -0.2) is 22.0 Å². The number of nitrogens with zero attached hydrogens (tertiary/aromatic N) is 3. The van der Waals surface area contributed by atoms with E-state index in [2.05, 4.69) is 87.7 Å². The van der Waals surface area contributed by atoms with Crippen LogP contribution < -0.4 is 4.90 Å². The maximum absolute atomic E-state index is 13.1. The molecule has 1 aromatic heterocycles. The van der Waals surface area contributed by atoms with Gasteiger partial charge >= 0.3 is 0 Å². The van der Waals surface area contributed by atoms with E-state index in [9.17, 15) is 4.79 Å². The van der Waals surface area contributed by atoms with Gasteiger partial charge in [-0.15, -0.1) is 0 Å². The standard InChI is InChI=1S/C29H31N3O/c1-18-10-19(2)14-24(13-18)31-16-23(15-28(31)33)29-30-26-8-6-7-9-27(26)32(29)17-25-21(4)11-20(3)12-22(25)5/h6-14,23H,15-17H2,1-5H3. The van der Waals surface area contributed by atoms with E-state index in [4.69, 9.17) is 4.98 Å². The number of benzene rings is 3. The number of anilines is 1. The molecule has 2 heterocycles. The fourth-order valence-electron chi connectivity index (χ4n) is 5.43. The van der Waals surface area contributed by atoms with Crippen molar-refractivity contribution < 1.29 is 4.79 Å². The summed E-state index contributed by atoms with van der Waals surface area (Å²) < 4.78 is 2.34. The molecule has 0 bridgehead atoms. The maximum atomic E-state index is 13.1. The summed E-state index contributed by atoms with van der Waals surface area (Å²) in [4.78, 5) is 20.1. The maximum Gasteiger partial charge on any atom is 0.227 e. The summed E-state index contributed by atoms with van der Waals surface area (Å²) >= 11 is 0. The van der Waals surface area contributed by atoms with Gasteiger partial charge in [-0.2, -0.15) is 0 Å². The Kier molecular flexibility index (Phi) is 5.32. The van der Waals surface area contributed by atoms with Gasteiger partial charge in [0, 0.05) is 31.1 Å². The number of fused-ring (bicyclic) bond motifs is 1.